The van der Waals surface area contributed by atoms with Crippen LogP contribution >= 0.6 is 0 Å². The summed E-state index contributed by atoms with van der Waals surface area (Å²) in [7, 11) is 2.18. The largest absolute Gasteiger partial charge is 0.306 e. The predicted octanol–water partition coefficient (Wildman–Crippen LogP) is 0.862. The van der Waals surface area contributed by atoms with Crippen molar-refractivity contribution in [1.29, 1.82) is 5.53 Å². The second kappa shape index (κ2) is 3.01. The first kappa shape index (κ1) is 7.98. The highest BCUT2D eigenvalue weighted by Crippen LogP contribution is 2.36. The summed E-state index contributed by atoms with van der Waals surface area (Å²) in [5.41, 5.74) is 9.73. The summed E-state index contributed by atoms with van der Waals surface area (Å²) < 4.78 is 0. The number of nitrogens with one attached hydrogen (secondary N) is 2. The molecule has 0 radical (unpaired) electrons. The van der Waals surface area contributed by atoms with Crippen LogP contribution in [0.4, 0.5) is 0 Å². The van der Waals surface area contributed by atoms with E-state index in [0.29, 0.717) is 6.04 Å². The average Bonchev–Trinajstić information content (AvgIpc) is 2.32. The fourth-order valence-electron chi connectivity index (χ4n) is 2.74. The molecule has 2 rings (SSSR count). The van der Waals surface area contributed by atoms with E-state index >= 15 is 0 Å². The van der Waals surface area contributed by atoms with Crippen LogP contribution in [-0.2, 0) is 0 Å². The fourth-order valence-corrected chi connectivity index (χ4v) is 2.74. The van der Waals surface area contributed by atoms with Crippen molar-refractivity contribution in [3.8, 4) is 0 Å². The maximum Gasteiger partial charge on any atom is 0.0537 e. The Hall–Kier alpha value is -0.640. The van der Waals surface area contributed by atoms with Gasteiger partial charge in [-0.15, -0.1) is 0 Å². The zero-order chi connectivity index (χ0) is 8.55. The molecule has 1 saturated carbocycles. The van der Waals surface area contributed by atoms with Crippen molar-refractivity contribution in [3.63, 3.8) is 0 Å². The minimum atomic E-state index is 0.485. The topological polar surface area (TPSA) is 51.5 Å². The van der Waals surface area contributed by atoms with E-state index in [2.05, 4.69) is 22.6 Å². The van der Waals surface area contributed by atoms with Crippen LogP contribution in [-0.4, -0.2) is 31.1 Å². The fraction of sp³-hybridized carbons (Fsp3) is 1.00. The van der Waals surface area contributed by atoms with Gasteiger partial charge in [0.1, 0.15) is 0 Å². The molecule has 1 aliphatic carbocycles. The molecule has 3 atom stereocenters. The molecule has 0 spiro atoms. The molecule has 0 aromatic heterocycles. The molecule has 68 valence electrons. The lowest BCUT2D eigenvalue weighted by Crippen LogP contribution is -2.48. The van der Waals surface area contributed by atoms with Crippen LogP contribution in [0.2, 0.25) is 0 Å². The van der Waals surface area contributed by atoms with Gasteiger partial charge in [0.25, 0.3) is 0 Å². The number of hydrogen-bond acceptors (Lipinski definition) is 3. The summed E-state index contributed by atoms with van der Waals surface area (Å²) in [5, 5.41) is 3.31. The standard InChI is InChI=1S/C8H16N4/c1-12-4-6-2-3-7(5-12)8(6)10-11-9/h6-8H,2-5H2,1H3,(H2,9,10)/t6-,7?,8?/m1/s1. The van der Waals surface area contributed by atoms with Crippen LogP contribution in [0.3, 0.4) is 0 Å². The Bertz CT molecular complexity index is 168. The van der Waals surface area contributed by atoms with Gasteiger partial charge >= 0.3 is 0 Å². The van der Waals surface area contributed by atoms with Crippen molar-refractivity contribution >= 4 is 0 Å². The molecule has 0 amide bonds. The van der Waals surface area contributed by atoms with Gasteiger partial charge in [0, 0.05) is 13.1 Å². The highest BCUT2D eigenvalue weighted by atomic mass is 15.4. The Balaban J connectivity index is 2.03. The molecular weight excluding hydrogens is 152 g/mol. The highest BCUT2D eigenvalue weighted by molar-refractivity contribution is 4.95. The molecule has 2 N–H and O–H groups in total. The Morgan fingerprint density at radius 3 is 2.42 bits per heavy atom. The van der Waals surface area contributed by atoms with Gasteiger partial charge in [-0.1, -0.05) is 5.22 Å². The molecule has 12 heavy (non-hydrogen) atoms. The first-order valence-corrected chi connectivity index (χ1v) is 4.62. The van der Waals surface area contributed by atoms with Crippen molar-refractivity contribution in [2.75, 3.05) is 20.1 Å². The second-order valence-electron chi connectivity index (χ2n) is 4.09. The smallest absolute Gasteiger partial charge is 0.0537 e. The van der Waals surface area contributed by atoms with Gasteiger partial charge < -0.3 is 4.90 Å². The lowest BCUT2D eigenvalue weighted by Gasteiger charge is -2.35. The quantitative estimate of drug-likeness (QED) is 0.474. The van der Waals surface area contributed by atoms with Crippen LogP contribution in [0.5, 0.6) is 0 Å². The first-order chi connectivity index (χ1) is 5.81. The number of rotatable bonds is 2. The normalized spacial score (nSPS) is 41.2. The van der Waals surface area contributed by atoms with Crippen LogP contribution < -0.4 is 5.43 Å². The molecule has 4 nitrogen and oxygen atoms in total. The van der Waals surface area contributed by atoms with Gasteiger partial charge in [-0.05, 0) is 31.7 Å². The number of likely N-dealkylation sites (tertiary alicyclic amines) is 1. The molecular formula is C8H16N4. The SMILES string of the molecule is CN1CC2CC[C@H](C1)C2NN=N. The van der Waals surface area contributed by atoms with Crippen molar-refractivity contribution in [3.05, 3.63) is 0 Å². The van der Waals surface area contributed by atoms with Crippen LogP contribution in [0, 0.1) is 17.4 Å². The minimum absolute atomic E-state index is 0.485. The zero-order valence-corrected chi connectivity index (χ0v) is 7.45. The molecule has 2 bridgehead atoms. The van der Waals surface area contributed by atoms with Crippen LogP contribution in [0.15, 0.2) is 5.22 Å². The Kier molecular flexibility index (Phi) is 2.00. The maximum absolute atomic E-state index is 6.80. The van der Waals surface area contributed by atoms with Crippen molar-refractivity contribution < 1.29 is 0 Å². The summed E-state index contributed by atoms with van der Waals surface area (Å²) in [5.74, 6) is 1.45. The Morgan fingerprint density at radius 1 is 1.33 bits per heavy atom. The van der Waals surface area contributed by atoms with Gasteiger partial charge in [-0.2, -0.15) is 5.53 Å². The van der Waals surface area contributed by atoms with E-state index in [1.165, 1.54) is 25.9 Å². The molecule has 0 aromatic rings. The van der Waals surface area contributed by atoms with E-state index in [1.807, 2.05) is 0 Å². The monoisotopic (exact) mass is 168 g/mol. The van der Waals surface area contributed by atoms with Gasteiger partial charge in [0.2, 0.25) is 0 Å². The third-order valence-corrected chi connectivity index (χ3v) is 3.23. The summed E-state index contributed by atoms with van der Waals surface area (Å²) in [4.78, 5) is 2.39. The lowest BCUT2D eigenvalue weighted by molar-refractivity contribution is 0.154. The van der Waals surface area contributed by atoms with E-state index in [0.717, 1.165) is 11.8 Å². The van der Waals surface area contributed by atoms with E-state index in [-0.39, 0.29) is 0 Å². The van der Waals surface area contributed by atoms with Gasteiger partial charge in [-0.25, -0.2) is 0 Å². The van der Waals surface area contributed by atoms with Crippen molar-refractivity contribution in [2.45, 2.75) is 18.9 Å². The van der Waals surface area contributed by atoms with Crippen LogP contribution in [0.1, 0.15) is 12.8 Å². The summed E-state index contributed by atoms with van der Waals surface area (Å²) in [6.45, 7) is 2.34. The van der Waals surface area contributed by atoms with Crippen molar-refractivity contribution in [1.82, 2.24) is 10.3 Å². The molecule has 1 heterocycles. The molecule has 4 heteroatoms. The number of fused-ring (bicyclic) bond motifs is 2. The van der Waals surface area contributed by atoms with Gasteiger partial charge in [0.15, 0.2) is 0 Å². The molecule has 1 saturated heterocycles. The maximum atomic E-state index is 6.80. The first-order valence-electron chi connectivity index (χ1n) is 4.62. The summed E-state index contributed by atoms with van der Waals surface area (Å²) in [6.07, 6.45) is 2.62. The predicted molar refractivity (Wildman–Crippen MR) is 45.8 cm³/mol. The third kappa shape index (κ3) is 1.20. The van der Waals surface area contributed by atoms with E-state index in [9.17, 15) is 0 Å². The number of nitrogens with zero attached hydrogens (tertiary/aromatic N) is 2. The number of hydrogen-bond donors (Lipinski definition) is 2. The van der Waals surface area contributed by atoms with E-state index < -0.39 is 0 Å². The van der Waals surface area contributed by atoms with Gasteiger partial charge in [-0.3, -0.25) is 5.43 Å². The van der Waals surface area contributed by atoms with E-state index in [1.54, 1.807) is 0 Å². The van der Waals surface area contributed by atoms with E-state index in [4.69, 9.17) is 5.53 Å². The van der Waals surface area contributed by atoms with Gasteiger partial charge in [0.05, 0.1) is 6.04 Å². The molecule has 2 fully saturated rings. The summed E-state index contributed by atoms with van der Waals surface area (Å²) >= 11 is 0. The third-order valence-electron chi connectivity index (χ3n) is 3.23. The average molecular weight is 168 g/mol. The Labute approximate surface area is 72.8 Å². The second-order valence-corrected chi connectivity index (χ2v) is 4.09. The number of piperidine rings is 1. The molecule has 2 aliphatic rings. The van der Waals surface area contributed by atoms with Crippen molar-refractivity contribution in [2.24, 2.45) is 17.1 Å². The lowest BCUT2D eigenvalue weighted by atomic mass is 9.93. The molecule has 1 aliphatic heterocycles. The zero-order valence-electron chi connectivity index (χ0n) is 7.45. The molecule has 2 unspecified atom stereocenters. The summed E-state index contributed by atoms with van der Waals surface area (Å²) in [6, 6.07) is 0.485. The minimum Gasteiger partial charge on any atom is -0.306 e. The Morgan fingerprint density at radius 2 is 1.92 bits per heavy atom. The molecule has 0 aromatic carbocycles. The highest BCUT2D eigenvalue weighted by Gasteiger charge is 2.40. The van der Waals surface area contributed by atoms with Crippen LogP contribution in [0.25, 0.3) is 0 Å².